The summed E-state index contributed by atoms with van der Waals surface area (Å²) in [5.41, 5.74) is 3.04. The lowest BCUT2D eigenvalue weighted by atomic mass is 9.95. The molecule has 1 aliphatic rings. The molecule has 1 aliphatic heterocycles. The Morgan fingerprint density at radius 2 is 1.69 bits per heavy atom. The molecule has 0 radical (unpaired) electrons. The number of hydrogen-bond donors (Lipinski definition) is 1. The number of aliphatic hydroxyl groups excluding tert-OH is 1. The second-order valence-corrected chi connectivity index (χ2v) is 8.28. The summed E-state index contributed by atoms with van der Waals surface area (Å²) in [5, 5.41) is 11.0. The average molecular weight is 476 g/mol. The van der Waals surface area contributed by atoms with E-state index < -0.39 is 23.5 Å². The zero-order chi connectivity index (χ0) is 24.9. The Balaban J connectivity index is 1.66. The van der Waals surface area contributed by atoms with E-state index in [9.17, 15) is 19.1 Å². The Hall–Kier alpha value is -3.97. The van der Waals surface area contributed by atoms with Gasteiger partial charge in [0.05, 0.1) is 18.2 Å². The van der Waals surface area contributed by atoms with Gasteiger partial charge in [-0.05, 0) is 60.0 Å². The minimum absolute atomic E-state index is 0.0497. The molecule has 0 spiro atoms. The number of likely N-dealkylation sites (tertiary alicyclic amines) is 1. The van der Waals surface area contributed by atoms with Crippen LogP contribution >= 0.6 is 0 Å². The van der Waals surface area contributed by atoms with Crippen molar-refractivity contribution < 1.29 is 28.6 Å². The van der Waals surface area contributed by atoms with Crippen LogP contribution in [0.25, 0.3) is 5.76 Å². The molecule has 180 valence electrons. The maximum atomic E-state index is 13.4. The standard InChI is InChI=1S/C28H26FNO5/c1-18-5-3-4-6-21(18)17-35-23-13-9-19(10-14-23)25-24(26(31)20-7-11-22(29)12-8-20)27(32)28(33)30(25)15-16-34-2/h3-14,25,31H,15-17H2,1-2H3/b26-24-. The molecule has 4 rings (SSSR count). The summed E-state index contributed by atoms with van der Waals surface area (Å²) in [6.07, 6.45) is 0. The van der Waals surface area contributed by atoms with Crippen LogP contribution in [0.15, 0.2) is 78.4 Å². The van der Waals surface area contributed by atoms with Crippen LogP contribution in [0, 0.1) is 12.7 Å². The fourth-order valence-corrected chi connectivity index (χ4v) is 4.09. The monoisotopic (exact) mass is 475 g/mol. The van der Waals surface area contributed by atoms with Crippen LogP contribution in [-0.4, -0.2) is 42.0 Å². The third-order valence-electron chi connectivity index (χ3n) is 6.05. The van der Waals surface area contributed by atoms with Crippen molar-refractivity contribution in [2.45, 2.75) is 19.6 Å². The SMILES string of the molecule is COCCN1C(=O)C(=O)/C(=C(\O)c2ccc(F)cc2)C1c1ccc(OCc2ccccc2C)cc1. The molecule has 1 atom stereocenters. The maximum Gasteiger partial charge on any atom is 0.295 e. The third kappa shape index (κ3) is 5.10. The van der Waals surface area contributed by atoms with E-state index in [1.807, 2.05) is 31.2 Å². The van der Waals surface area contributed by atoms with Crippen LogP contribution in [0.3, 0.4) is 0 Å². The molecule has 35 heavy (non-hydrogen) atoms. The van der Waals surface area contributed by atoms with Crippen LogP contribution in [-0.2, 0) is 20.9 Å². The molecule has 3 aromatic carbocycles. The smallest absolute Gasteiger partial charge is 0.295 e. The number of benzene rings is 3. The van der Waals surface area contributed by atoms with Crippen molar-refractivity contribution in [2.24, 2.45) is 0 Å². The summed E-state index contributed by atoms with van der Waals surface area (Å²) >= 11 is 0. The van der Waals surface area contributed by atoms with Gasteiger partial charge < -0.3 is 19.5 Å². The van der Waals surface area contributed by atoms with Gasteiger partial charge in [-0.3, -0.25) is 9.59 Å². The van der Waals surface area contributed by atoms with Gasteiger partial charge in [-0.15, -0.1) is 0 Å². The number of halogens is 1. The number of methoxy groups -OCH3 is 1. The van der Waals surface area contributed by atoms with E-state index in [2.05, 4.69) is 0 Å². The molecule has 0 bridgehead atoms. The topological polar surface area (TPSA) is 76.1 Å². The zero-order valence-electron chi connectivity index (χ0n) is 19.5. The Kier molecular flexibility index (Phi) is 7.27. The molecule has 0 saturated carbocycles. The molecule has 6 nitrogen and oxygen atoms in total. The molecule has 0 aliphatic carbocycles. The number of Topliss-reactive ketones (excluding diaryl/α,β-unsaturated/α-hetero) is 1. The number of aliphatic hydroxyl groups is 1. The van der Waals surface area contributed by atoms with Crippen molar-refractivity contribution in [1.29, 1.82) is 0 Å². The molecule has 1 heterocycles. The molecular weight excluding hydrogens is 449 g/mol. The van der Waals surface area contributed by atoms with Gasteiger partial charge in [-0.1, -0.05) is 36.4 Å². The van der Waals surface area contributed by atoms with Crippen LogP contribution < -0.4 is 4.74 Å². The molecule has 3 aromatic rings. The van der Waals surface area contributed by atoms with E-state index in [4.69, 9.17) is 9.47 Å². The summed E-state index contributed by atoms with van der Waals surface area (Å²) in [7, 11) is 1.50. The third-order valence-corrected chi connectivity index (χ3v) is 6.05. The summed E-state index contributed by atoms with van der Waals surface area (Å²) in [6, 6.07) is 19.3. The number of hydrogen-bond acceptors (Lipinski definition) is 5. The number of carbonyl (C=O) groups is 2. The van der Waals surface area contributed by atoms with E-state index in [1.165, 1.54) is 36.3 Å². The normalized spacial score (nSPS) is 17.1. The maximum absolute atomic E-state index is 13.4. The first-order valence-corrected chi connectivity index (χ1v) is 11.2. The first-order chi connectivity index (χ1) is 16.9. The highest BCUT2D eigenvalue weighted by atomic mass is 19.1. The first kappa shape index (κ1) is 24.2. The van der Waals surface area contributed by atoms with E-state index in [0.29, 0.717) is 17.9 Å². The van der Waals surface area contributed by atoms with E-state index in [0.717, 1.165) is 11.1 Å². The fourth-order valence-electron chi connectivity index (χ4n) is 4.09. The predicted octanol–water partition coefficient (Wildman–Crippen LogP) is 4.78. The van der Waals surface area contributed by atoms with Crippen LogP contribution in [0.5, 0.6) is 5.75 Å². The number of rotatable bonds is 8. The van der Waals surface area contributed by atoms with E-state index >= 15 is 0 Å². The van der Waals surface area contributed by atoms with Crippen molar-refractivity contribution in [3.05, 3.63) is 106 Å². The van der Waals surface area contributed by atoms with Gasteiger partial charge in [0.15, 0.2) is 0 Å². The van der Waals surface area contributed by atoms with Crippen molar-refractivity contribution in [1.82, 2.24) is 4.90 Å². The quantitative estimate of drug-likeness (QED) is 0.288. The van der Waals surface area contributed by atoms with Crippen LogP contribution in [0.4, 0.5) is 4.39 Å². The summed E-state index contributed by atoms with van der Waals surface area (Å²) in [4.78, 5) is 27.2. The fraction of sp³-hybridized carbons (Fsp3) is 0.214. The zero-order valence-corrected chi connectivity index (χ0v) is 19.5. The van der Waals surface area contributed by atoms with Crippen molar-refractivity contribution in [2.75, 3.05) is 20.3 Å². The van der Waals surface area contributed by atoms with Gasteiger partial charge in [0.2, 0.25) is 0 Å². The van der Waals surface area contributed by atoms with Gasteiger partial charge >= 0.3 is 0 Å². The molecule has 1 N–H and O–H groups in total. The van der Waals surface area contributed by atoms with Gasteiger partial charge in [0.1, 0.15) is 23.9 Å². The summed E-state index contributed by atoms with van der Waals surface area (Å²) in [6.45, 7) is 2.81. The minimum atomic E-state index is -0.819. The Morgan fingerprint density at radius 3 is 2.34 bits per heavy atom. The number of amides is 1. The lowest BCUT2D eigenvalue weighted by Gasteiger charge is -2.25. The van der Waals surface area contributed by atoms with E-state index in [1.54, 1.807) is 24.3 Å². The second-order valence-electron chi connectivity index (χ2n) is 8.28. The highest BCUT2D eigenvalue weighted by Gasteiger charge is 2.45. The average Bonchev–Trinajstić information content (AvgIpc) is 3.12. The number of ketones is 1. The Morgan fingerprint density at radius 1 is 1.00 bits per heavy atom. The number of nitrogens with zero attached hydrogens (tertiary/aromatic N) is 1. The van der Waals surface area contributed by atoms with Crippen molar-refractivity contribution in [3.8, 4) is 5.75 Å². The van der Waals surface area contributed by atoms with Gasteiger partial charge in [-0.25, -0.2) is 4.39 Å². The number of ether oxygens (including phenoxy) is 2. The van der Waals surface area contributed by atoms with Crippen LogP contribution in [0.1, 0.15) is 28.3 Å². The molecule has 1 amide bonds. The summed E-state index contributed by atoms with van der Waals surface area (Å²) < 4.78 is 24.4. The Labute approximate surface area is 203 Å². The van der Waals surface area contributed by atoms with Gasteiger partial charge in [-0.2, -0.15) is 0 Å². The molecule has 1 saturated heterocycles. The molecule has 7 heteroatoms. The number of carbonyl (C=O) groups excluding carboxylic acids is 2. The highest BCUT2D eigenvalue weighted by molar-refractivity contribution is 6.46. The van der Waals surface area contributed by atoms with Gasteiger partial charge in [0, 0.05) is 19.2 Å². The molecule has 1 fully saturated rings. The predicted molar refractivity (Wildman–Crippen MR) is 129 cm³/mol. The minimum Gasteiger partial charge on any atom is -0.507 e. The number of aryl methyl sites for hydroxylation is 1. The lowest BCUT2D eigenvalue weighted by molar-refractivity contribution is -0.140. The first-order valence-electron chi connectivity index (χ1n) is 11.2. The molecular formula is C28H26FNO5. The van der Waals surface area contributed by atoms with E-state index in [-0.39, 0.29) is 30.0 Å². The largest absolute Gasteiger partial charge is 0.507 e. The molecule has 0 aromatic heterocycles. The summed E-state index contributed by atoms with van der Waals surface area (Å²) in [5.74, 6) is -1.72. The highest BCUT2D eigenvalue weighted by Crippen LogP contribution is 2.39. The van der Waals surface area contributed by atoms with Gasteiger partial charge in [0.25, 0.3) is 11.7 Å². The Bertz CT molecular complexity index is 1250. The van der Waals surface area contributed by atoms with Crippen LogP contribution in [0.2, 0.25) is 0 Å². The lowest BCUT2D eigenvalue weighted by Crippen LogP contribution is -2.32. The van der Waals surface area contributed by atoms with Crippen molar-refractivity contribution >= 4 is 17.4 Å². The molecule has 1 unspecified atom stereocenters. The van der Waals surface area contributed by atoms with Crippen molar-refractivity contribution in [3.63, 3.8) is 0 Å². The second kappa shape index (κ2) is 10.5.